The van der Waals surface area contributed by atoms with Gasteiger partial charge in [0.2, 0.25) is 0 Å². The molecular formula is C13H21ClN4O. The molecule has 2 heterocycles. The van der Waals surface area contributed by atoms with Crippen molar-refractivity contribution in [2.75, 3.05) is 13.1 Å². The van der Waals surface area contributed by atoms with E-state index in [-0.39, 0.29) is 18.3 Å². The van der Waals surface area contributed by atoms with Gasteiger partial charge in [-0.25, -0.2) is 0 Å². The Labute approximate surface area is 119 Å². The smallest absolute Gasteiger partial charge is 0.274 e. The minimum Gasteiger partial charge on any atom is -0.334 e. The average Bonchev–Trinajstić information content (AvgIpc) is 3.14. The van der Waals surface area contributed by atoms with Gasteiger partial charge in [0.05, 0.1) is 0 Å². The standard InChI is InChI=1S/C13H20N4O.ClH/c1-2-7-17(9-3-4-9)13(18)12-10-8-14-6-5-11(10)15-16-12;/h9,14H,2-8H2,1H3,(H,15,16);1H. The maximum atomic E-state index is 12.6. The number of hydrogen-bond donors (Lipinski definition) is 2. The largest absolute Gasteiger partial charge is 0.334 e. The van der Waals surface area contributed by atoms with Crippen LogP contribution in [0.2, 0.25) is 0 Å². The second-order valence-corrected chi connectivity index (χ2v) is 5.19. The van der Waals surface area contributed by atoms with E-state index in [4.69, 9.17) is 0 Å². The lowest BCUT2D eigenvalue weighted by Crippen LogP contribution is -2.35. The molecule has 0 radical (unpaired) electrons. The summed E-state index contributed by atoms with van der Waals surface area (Å²) in [5.41, 5.74) is 2.84. The van der Waals surface area contributed by atoms with Crippen LogP contribution in [0.1, 0.15) is 47.9 Å². The normalized spacial score (nSPS) is 17.5. The first-order chi connectivity index (χ1) is 8.81. The number of aromatic nitrogens is 2. The maximum absolute atomic E-state index is 12.6. The summed E-state index contributed by atoms with van der Waals surface area (Å²) in [6.45, 7) is 4.68. The topological polar surface area (TPSA) is 61.0 Å². The predicted octanol–water partition coefficient (Wildman–Crippen LogP) is 1.49. The van der Waals surface area contributed by atoms with Gasteiger partial charge in [-0.3, -0.25) is 9.89 Å². The Morgan fingerprint density at radius 3 is 2.95 bits per heavy atom. The van der Waals surface area contributed by atoms with Gasteiger partial charge < -0.3 is 10.2 Å². The summed E-state index contributed by atoms with van der Waals surface area (Å²) in [6, 6.07) is 0.460. The van der Waals surface area contributed by atoms with Crippen molar-refractivity contribution in [2.24, 2.45) is 0 Å². The van der Waals surface area contributed by atoms with Gasteiger partial charge in [0, 0.05) is 43.4 Å². The Morgan fingerprint density at radius 2 is 2.26 bits per heavy atom. The second kappa shape index (κ2) is 5.92. The number of halogens is 1. The zero-order chi connectivity index (χ0) is 12.5. The number of carbonyl (C=O) groups excluding carboxylic acids is 1. The molecular weight excluding hydrogens is 264 g/mol. The highest BCUT2D eigenvalue weighted by molar-refractivity contribution is 5.94. The monoisotopic (exact) mass is 284 g/mol. The van der Waals surface area contributed by atoms with Crippen LogP contribution >= 0.6 is 12.4 Å². The minimum absolute atomic E-state index is 0. The van der Waals surface area contributed by atoms with Gasteiger partial charge in [-0.2, -0.15) is 5.10 Å². The third-order valence-electron chi connectivity index (χ3n) is 3.72. The van der Waals surface area contributed by atoms with Gasteiger partial charge in [-0.15, -0.1) is 12.4 Å². The molecule has 6 heteroatoms. The molecule has 1 aliphatic heterocycles. The van der Waals surface area contributed by atoms with Gasteiger partial charge in [0.1, 0.15) is 0 Å². The van der Waals surface area contributed by atoms with E-state index in [2.05, 4.69) is 22.4 Å². The zero-order valence-electron chi connectivity index (χ0n) is 11.2. The first-order valence-corrected chi connectivity index (χ1v) is 6.89. The Bertz CT molecular complexity index is 455. The maximum Gasteiger partial charge on any atom is 0.274 e. The molecule has 1 aromatic rings. The number of nitrogens with one attached hydrogen (secondary N) is 2. The molecule has 106 valence electrons. The number of amides is 1. The molecule has 1 aliphatic carbocycles. The Kier molecular flexibility index (Phi) is 4.47. The summed E-state index contributed by atoms with van der Waals surface area (Å²) >= 11 is 0. The summed E-state index contributed by atoms with van der Waals surface area (Å²) in [4.78, 5) is 14.6. The molecule has 0 unspecified atom stereocenters. The first-order valence-electron chi connectivity index (χ1n) is 6.89. The summed E-state index contributed by atoms with van der Waals surface area (Å²) < 4.78 is 0. The number of carbonyl (C=O) groups is 1. The molecule has 2 N–H and O–H groups in total. The van der Waals surface area contributed by atoms with Crippen molar-refractivity contribution in [3.63, 3.8) is 0 Å². The van der Waals surface area contributed by atoms with Crippen molar-refractivity contribution in [3.8, 4) is 0 Å². The number of hydrogen-bond acceptors (Lipinski definition) is 3. The van der Waals surface area contributed by atoms with E-state index in [1.54, 1.807) is 0 Å². The van der Waals surface area contributed by atoms with E-state index >= 15 is 0 Å². The lowest BCUT2D eigenvalue weighted by atomic mass is 10.1. The quantitative estimate of drug-likeness (QED) is 0.881. The van der Waals surface area contributed by atoms with Crippen molar-refractivity contribution in [3.05, 3.63) is 17.0 Å². The molecule has 5 nitrogen and oxygen atoms in total. The van der Waals surface area contributed by atoms with Gasteiger partial charge >= 0.3 is 0 Å². The van der Waals surface area contributed by atoms with Crippen LogP contribution in [0.3, 0.4) is 0 Å². The summed E-state index contributed by atoms with van der Waals surface area (Å²) in [5, 5.41) is 10.6. The summed E-state index contributed by atoms with van der Waals surface area (Å²) in [5.74, 6) is 0.112. The minimum atomic E-state index is 0. The highest BCUT2D eigenvalue weighted by Gasteiger charge is 2.34. The third kappa shape index (κ3) is 2.77. The number of nitrogens with zero attached hydrogens (tertiary/aromatic N) is 2. The highest BCUT2D eigenvalue weighted by atomic mass is 35.5. The number of aromatic amines is 1. The third-order valence-corrected chi connectivity index (χ3v) is 3.72. The lowest BCUT2D eigenvalue weighted by Gasteiger charge is -2.22. The molecule has 19 heavy (non-hydrogen) atoms. The van der Waals surface area contributed by atoms with Gasteiger partial charge in [0.25, 0.3) is 5.91 Å². The van der Waals surface area contributed by atoms with E-state index in [0.717, 1.165) is 56.6 Å². The summed E-state index contributed by atoms with van der Waals surface area (Å²) in [7, 11) is 0. The molecule has 1 amide bonds. The fraction of sp³-hybridized carbons (Fsp3) is 0.692. The Morgan fingerprint density at radius 1 is 1.47 bits per heavy atom. The van der Waals surface area contributed by atoms with Crippen LogP contribution < -0.4 is 5.32 Å². The molecule has 1 saturated carbocycles. The average molecular weight is 285 g/mol. The van der Waals surface area contributed by atoms with Gasteiger partial charge in [0.15, 0.2) is 5.69 Å². The number of rotatable bonds is 4. The second-order valence-electron chi connectivity index (χ2n) is 5.19. The lowest BCUT2D eigenvalue weighted by molar-refractivity contribution is 0.0735. The van der Waals surface area contributed by atoms with Crippen LogP contribution in [-0.2, 0) is 13.0 Å². The van der Waals surface area contributed by atoms with Crippen molar-refractivity contribution in [1.29, 1.82) is 0 Å². The molecule has 0 spiro atoms. The van der Waals surface area contributed by atoms with Crippen LogP contribution in [0, 0.1) is 0 Å². The zero-order valence-corrected chi connectivity index (χ0v) is 12.1. The fourth-order valence-electron chi connectivity index (χ4n) is 2.62. The summed E-state index contributed by atoms with van der Waals surface area (Å²) in [6.07, 6.45) is 4.24. The Hall–Kier alpha value is -1.07. The predicted molar refractivity (Wildman–Crippen MR) is 75.6 cm³/mol. The van der Waals surface area contributed by atoms with Crippen LogP contribution in [0.25, 0.3) is 0 Å². The molecule has 3 rings (SSSR count). The van der Waals surface area contributed by atoms with E-state index < -0.39 is 0 Å². The van der Waals surface area contributed by atoms with E-state index in [9.17, 15) is 4.79 Å². The van der Waals surface area contributed by atoms with Crippen LogP contribution in [0.15, 0.2) is 0 Å². The van der Waals surface area contributed by atoms with Crippen LogP contribution in [0.5, 0.6) is 0 Å². The van der Waals surface area contributed by atoms with Crippen molar-refractivity contribution < 1.29 is 4.79 Å². The van der Waals surface area contributed by atoms with Crippen LogP contribution in [-0.4, -0.2) is 40.1 Å². The molecule has 0 aromatic carbocycles. The van der Waals surface area contributed by atoms with E-state index in [1.165, 1.54) is 0 Å². The van der Waals surface area contributed by atoms with E-state index in [1.807, 2.05) is 4.90 Å². The van der Waals surface area contributed by atoms with Gasteiger partial charge in [-0.05, 0) is 19.3 Å². The van der Waals surface area contributed by atoms with E-state index in [0.29, 0.717) is 11.7 Å². The highest BCUT2D eigenvalue weighted by Crippen LogP contribution is 2.29. The molecule has 0 bridgehead atoms. The van der Waals surface area contributed by atoms with Crippen molar-refractivity contribution >= 4 is 18.3 Å². The van der Waals surface area contributed by atoms with Crippen LogP contribution in [0.4, 0.5) is 0 Å². The fourth-order valence-corrected chi connectivity index (χ4v) is 2.62. The molecule has 0 atom stereocenters. The van der Waals surface area contributed by atoms with Crippen molar-refractivity contribution in [2.45, 2.75) is 45.2 Å². The molecule has 1 fully saturated rings. The number of H-pyrrole nitrogens is 1. The van der Waals surface area contributed by atoms with Gasteiger partial charge in [-0.1, -0.05) is 6.92 Å². The number of fused-ring (bicyclic) bond motifs is 1. The SMILES string of the molecule is CCCN(C(=O)c1n[nH]c2c1CNCC2)C1CC1.Cl. The molecule has 0 saturated heterocycles. The first kappa shape index (κ1) is 14.3. The molecule has 1 aromatic heterocycles. The van der Waals surface area contributed by atoms with Crippen molar-refractivity contribution in [1.82, 2.24) is 20.4 Å². The Balaban J connectivity index is 0.00000133. The molecule has 2 aliphatic rings.